The van der Waals surface area contributed by atoms with Crippen LogP contribution in [0.1, 0.15) is 26.2 Å². The molecule has 0 unspecified atom stereocenters. The van der Waals surface area contributed by atoms with Crippen molar-refractivity contribution in [3.63, 3.8) is 0 Å². The van der Waals surface area contributed by atoms with Gasteiger partial charge in [-0.05, 0) is 13.3 Å². The van der Waals surface area contributed by atoms with Crippen molar-refractivity contribution >= 4 is 12.3 Å². The van der Waals surface area contributed by atoms with Gasteiger partial charge in [-0.15, -0.1) is 0 Å². The van der Waals surface area contributed by atoms with Crippen LogP contribution in [0.3, 0.4) is 0 Å². The first-order valence-corrected chi connectivity index (χ1v) is 3.57. The van der Waals surface area contributed by atoms with Crippen molar-refractivity contribution < 1.29 is 19.4 Å². The van der Waals surface area contributed by atoms with E-state index >= 15 is 0 Å². The Hall–Kier alpha value is -0.900. The van der Waals surface area contributed by atoms with E-state index in [1.54, 1.807) is 6.92 Å². The smallest absolute Gasteiger partial charge is 0.303 e. The van der Waals surface area contributed by atoms with Gasteiger partial charge in [0.05, 0.1) is 6.61 Å². The molecule has 4 nitrogen and oxygen atoms in total. The zero-order valence-corrected chi connectivity index (χ0v) is 6.54. The second-order valence-corrected chi connectivity index (χ2v) is 1.92. The van der Waals surface area contributed by atoms with Crippen LogP contribution in [0.4, 0.5) is 0 Å². The second kappa shape index (κ2) is 7.21. The Bertz CT molecular complexity index is 122. The number of rotatable bonds is 6. The molecule has 0 aliphatic heterocycles. The van der Waals surface area contributed by atoms with Crippen LogP contribution in [0, 0.1) is 0 Å². The molecule has 0 aromatic heterocycles. The average molecular weight is 160 g/mol. The first kappa shape index (κ1) is 10.1. The second-order valence-electron chi connectivity index (χ2n) is 1.92. The lowest BCUT2D eigenvalue weighted by Crippen LogP contribution is -2.04. The number of unbranched alkanes of at least 4 members (excludes halogenated alkanes) is 1. The number of carbonyl (C=O) groups is 2. The third-order valence-corrected chi connectivity index (χ3v) is 0.973. The standard InChI is InChI=1S/C7H12O4/c1-2-10-11-7(9)5-3-4-6-8/h6H,2-5H2,1H3. The molecular weight excluding hydrogens is 148 g/mol. The van der Waals surface area contributed by atoms with Gasteiger partial charge in [0.2, 0.25) is 0 Å². The van der Waals surface area contributed by atoms with Gasteiger partial charge in [0, 0.05) is 12.8 Å². The first-order valence-electron chi connectivity index (χ1n) is 3.57. The highest BCUT2D eigenvalue weighted by Gasteiger charge is 2.01. The van der Waals surface area contributed by atoms with Crippen LogP contribution in [0.15, 0.2) is 0 Å². The van der Waals surface area contributed by atoms with Gasteiger partial charge >= 0.3 is 5.97 Å². The van der Waals surface area contributed by atoms with Crippen LogP contribution in [0.2, 0.25) is 0 Å². The molecule has 64 valence electrons. The van der Waals surface area contributed by atoms with Crippen LogP contribution in [-0.2, 0) is 19.4 Å². The van der Waals surface area contributed by atoms with E-state index in [1.165, 1.54) is 0 Å². The summed E-state index contributed by atoms with van der Waals surface area (Å²) in [7, 11) is 0. The topological polar surface area (TPSA) is 52.6 Å². The van der Waals surface area contributed by atoms with Crippen molar-refractivity contribution in [2.45, 2.75) is 26.2 Å². The number of hydrogen-bond acceptors (Lipinski definition) is 4. The van der Waals surface area contributed by atoms with Crippen molar-refractivity contribution in [2.24, 2.45) is 0 Å². The summed E-state index contributed by atoms with van der Waals surface area (Å²) in [6, 6.07) is 0. The lowest BCUT2D eigenvalue weighted by Gasteiger charge is -1.98. The highest BCUT2D eigenvalue weighted by molar-refractivity contribution is 5.69. The van der Waals surface area contributed by atoms with Crippen LogP contribution in [0.25, 0.3) is 0 Å². The maximum absolute atomic E-state index is 10.6. The van der Waals surface area contributed by atoms with E-state index in [0.29, 0.717) is 19.4 Å². The third-order valence-electron chi connectivity index (χ3n) is 0.973. The first-order chi connectivity index (χ1) is 5.31. The van der Waals surface area contributed by atoms with E-state index in [2.05, 4.69) is 9.78 Å². The van der Waals surface area contributed by atoms with E-state index in [0.717, 1.165) is 6.29 Å². The molecule has 0 saturated carbocycles. The lowest BCUT2D eigenvalue weighted by atomic mass is 10.2. The predicted molar refractivity (Wildman–Crippen MR) is 37.6 cm³/mol. The summed E-state index contributed by atoms with van der Waals surface area (Å²) in [5, 5.41) is 0. The summed E-state index contributed by atoms with van der Waals surface area (Å²) in [4.78, 5) is 29.1. The summed E-state index contributed by atoms with van der Waals surface area (Å²) in [5.41, 5.74) is 0. The molecule has 0 bridgehead atoms. The third kappa shape index (κ3) is 6.99. The molecule has 0 aliphatic carbocycles. The molecule has 11 heavy (non-hydrogen) atoms. The van der Waals surface area contributed by atoms with Gasteiger partial charge in [-0.2, -0.15) is 4.89 Å². The molecule has 0 atom stereocenters. The number of carbonyl (C=O) groups excluding carboxylic acids is 2. The van der Waals surface area contributed by atoms with Gasteiger partial charge in [0.1, 0.15) is 6.29 Å². The molecule has 0 heterocycles. The largest absolute Gasteiger partial charge is 0.342 e. The maximum Gasteiger partial charge on any atom is 0.342 e. The summed E-state index contributed by atoms with van der Waals surface area (Å²) in [6.07, 6.45) is 1.92. The molecule has 0 rings (SSSR count). The fraction of sp³-hybridized carbons (Fsp3) is 0.714. The van der Waals surface area contributed by atoms with Crippen molar-refractivity contribution in [3.8, 4) is 0 Å². The Morgan fingerprint density at radius 2 is 2.27 bits per heavy atom. The summed E-state index contributed by atoms with van der Waals surface area (Å²) < 4.78 is 0. The van der Waals surface area contributed by atoms with Crippen LogP contribution >= 0.6 is 0 Å². The minimum absolute atomic E-state index is 0.235. The summed E-state index contributed by atoms with van der Waals surface area (Å²) >= 11 is 0. The van der Waals surface area contributed by atoms with Crippen LogP contribution in [0.5, 0.6) is 0 Å². The Morgan fingerprint density at radius 1 is 1.55 bits per heavy atom. The van der Waals surface area contributed by atoms with Crippen molar-refractivity contribution in [1.82, 2.24) is 0 Å². The average Bonchev–Trinajstić information content (AvgIpc) is 2.01. The van der Waals surface area contributed by atoms with Gasteiger partial charge in [0.25, 0.3) is 0 Å². The fourth-order valence-corrected chi connectivity index (χ4v) is 0.496. The summed E-state index contributed by atoms with van der Waals surface area (Å²) in [5.74, 6) is -0.422. The normalized spacial score (nSPS) is 9.18. The fourth-order valence-electron chi connectivity index (χ4n) is 0.496. The molecule has 0 amide bonds. The Balaban J connectivity index is 3.15. The van der Waals surface area contributed by atoms with E-state index in [9.17, 15) is 9.59 Å². The van der Waals surface area contributed by atoms with E-state index in [4.69, 9.17) is 0 Å². The van der Waals surface area contributed by atoms with E-state index < -0.39 is 5.97 Å². The molecular formula is C7H12O4. The lowest BCUT2D eigenvalue weighted by molar-refractivity contribution is -0.269. The van der Waals surface area contributed by atoms with Gasteiger partial charge in [0.15, 0.2) is 0 Å². The molecule has 4 heteroatoms. The number of aldehydes is 1. The van der Waals surface area contributed by atoms with Gasteiger partial charge in [-0.1, -0.05) is 0 Å². The molecule has 0 spiro atoms. The minimum Gasteiger partial charge on any atom is -0.303 e. The van der Waals surface area contributed by atoms with Crippen molar-refractivity contribution in [1.29, 1.82) is 0 Å². The Kier molecular flexibility index (Phi) is 6.62. The van der Waals surface area contributed by atoms with Crippen LogP contribution in [-0.4, -0.2) is 18.9 Å². The van der Waals surface area contributed by atoms with Gasteiger partial charge in [-0.25, -0.2) is 4.79 Å². The highest BCUT2D eigenvalue weighted by atomic mass is 17.2. The van der Waals surface area contributed by atoms with Crippen LogP contribution < -0.4 is 0 Å². The van der Waals surface area contributed by atoms with Gasteiger partial charge in [-0.3, -0.25) is 4.89 Å². The zero-order valence-electron chi connectivity index (χ0n) is 6.54. The quantitative estimate of drug-likeness (QED) is 0.250. The minimum atomic E-state index is -0.422. The summed E-state index contributed by atoms with van der Waals surface area (Å²) in [6.45, 7) is 2.07. The number of hydrogen-bond donors (Lipinski definition) is 0. The molecule has 0 aliphatic rings. The Morgan fingerprint density at radius 3 is 2.82 bits per heavy atom. The molecule has 0 fully saturated rings. The Labute approximate surface area is 65.4 Å². The highest BCUT2D eigenvalue weighted by Crippen LogP contribution is 1.95. The SMILES string of the molecule is CCOOC(=O)CCCC=O. The predicted octanol–water partition coefficient (Wildman–Crippen LogP) is 0.850. The zero-order chi connectivity index (χ0) is 8.53. The van der Waals surface area contributed by atoms with E-state index in [1.807, 2.05) is 0 Å². The maximum atomic E-state index is 10.6. The molecule has 0 radical (unpaired) electrons. The molecule has 0 saturated heterocycles. The monoisotopic (exact) mass is 160 g/mol. The van der Waals surface area contributed by atoms with Gasteiger partial charge < -0.3 is 4.79 Å². The molecule has 0 aromatic rings. The molecule has 0 aromatic carbocycles. The molecule has 0 N–H and O–H groups in total. The van der Waals surface area contributed by atoms with Crippen molar-refractivity contribution in [2.75, 3.05) is 6.61 Å². The van der Waals surface area contributed by atoms with Crippen molar-refractivity contribution in [3.05, 3.63) is 0 Å². The van der Waals surface area contributed by atoms with E-state index in [-0.39, 0.29) is 6.42 Å².